The second-order valence-electron chi connectivity index (χ2n) is 6.02. The van der Waals surface area contributed by atoms with E-state index in [1.54, 1.807) is 12.1 Å². The molecule has 0 unspecified atom stereocenters. The molecule has 0 N–H and O–H groups in total. The summed E-state index contributed by atoms with van der Waals surface area (Å²) in [6.07, 6.45) is 0. The molecule has 0 aliphatic heterocycles. The highest BCUT2D eigenvalue weighted by Gasteiger charge is 2.10. The third-order valence-electron chi connectivity index (χ3n) is 4.17. The molecule has 0 radical (unpaired) electrons. The van der Waals surface area contributed by atoms with Crippen molar-refractivity contribution in [3.63, 3.8) is 0 Å². The Labute approximate surface area is 171 Å². The van der Waals surface area contributed by atoms with Gasteiger partial charge in [0.1, 0.15) is 0 Å². The molecule has 0 saturated heterocycles. The van der Waals surface area contributed by atoms with Crippen LogP contribution in [0.2, 0.25) is 5.02 Å². The zero-order valence-corrected chi connectivity index (χ0v) is 16.2. The van der Waals surface area contributed by atoms with Gasteiger partial charge in [-0.3, -0.25) is 0 Å². The van der Waals surface area contributed by atoms with E-state index >= 15 is 0 Å². The number of aromatic nitrogens is 2. The van der Waals surface area contributed by atoms with Crippen LogP contribution >= 0.6 is 23.4 Å². The molecule has 4 rings (SSSR count). The van der Waals surface area contributed by atoms with Gasteiger partial charge < -0.3 is 4.42 Å². The Balaban J connectivity index is 1.43. The molecule has 6 heteroatoms. The standard InChI is InChI=1S/C22H14ClN3OS/c23-19-11-9-17(10-12-19)21-25-26-22(27-21)28-14-15-5-7-16(8-6-15)20-4-2-1-3-18(20)13-24/h1-12H,14H2. The Bertz CT molecular complexity index is 1130. The molecule has 4 aromatic rings. The fourth-order valence-electron chi connectivity index (χ4n) is 2.74. The van der Waals surface area contributed by atoms with Crippen LogP contribution in [-0.2, 0) is 5.75 Å². The van der Waals surface area contributed by atoms with Crippen LogP contribution in [0.5, 0.6) is 0 Å². The van der Waals surface area contributed by atoms with Gasteiger partial charge in [-0.25, -0.2) is 0 Å². The minimum atomic E-state index is 0.475. The van der Waals surface area contributed by atoms with E-state index in [-0.39, 0.29) is 0 Å². The first kappa shape index (κ1) is 18.3. The van der Waals surface area contributed by atoms with Gasteiger partial charge >= 0.3 is 0 Å². The van der Waals surface area contributed by atoms with Crippen molar-refractivity contribution in [3.8, 4) is 28.7 Å². The van der Waals surface area contributed by atoms with Crippen molar-refractivity contribution in [2.45, 2.75) is 11.0 Å². The Morgan fingerprint density at radius 1 is 0.893 bits per heavy atom. The normalized spacial score (nSPS) is 10.6. The van der Waals surface area contributed by atoms with E-state index in [1.165, 1.54) is 11.8 Å². The summed E-state index contributed by atoms with van der Waals surface area (Å²) in [5.74, 6) is 1.19. The molecule has 0 aliphatic carbocycles. The molecular formula is C22H14ClN3OS. The minimum Gasteiger partial charge on any atom is -0.411 e. The third kappa shape index (κ3) is 4.09. The number of nitrogens with zero attached hydrogens (tertiary/aromatic N) is 3. The van der Waals surface area contributed by atoms with Gasteiger partial charge in [0.2, 0.25) is 5.89 Å². The Hall–Kier alpha value is -3.07. The van der Waals surface area contributed by atoms with E-state index in [0.717, 1.165) is 22.3 Å². The van der Waals surface area contributed by atoms with E-state index < -0.39 is 0 Å². The predicted molar refractivity (Wildman–Crippen MR) is 111 cm³/mol. The number of halogens is 1. The van der Waals surface area contributed by atoms with Crippen LogP contribution in [0.4, 0.5) is 0 Å². The highest BCUT2D eigenvalue weighted by Crippen LogP contribution is 2.28. The van der Waals surface area contributed by atoms with Gasteiger partial charge in [-0.1, -0.05) is 65.8 Å². The predicted octanol–water partition coefficient (Wildman–Crippen LogP) is 6.22. The first-order valence-corrected chi connectivity index (χ1v) is 9.90. The Kier molecular flexibility index (Phi) is 5.43. The van der Waals surface area contributed by atoms with Gasteiger partial charge in [-0.05, 0) is 47.0 Å². The summed E-state index contributed by atoms with van der Waals surface area (Å²) in [6, 6.07) is 25.3. The number of rotatable bonds is 5. The van der Waals surface area contributed by atoms with Crippen LogP contribution in [0.15, 0.2) is 82.4 Å². The molecule has 0 saturated carbocycles. The summed E-state index contributed by atoms with van der Waals surface area (Å²) in [6.45, 7) is 0. The maximum atomic E-state index is 9.26. The van der Waals surface area contributed by atoms with E-state index in [0.29, 0.717) is 27.5 Å². The van der Waals surface area contributed by atoms with Crippen LogP contribution in [0.3, 0.4) is 0 Å². The molecule has 1 heterocycles. The molecular weight excluding hydrogens is 390 g/mol. The smallest absolute Gasteiger partial charge is 0.277 e. The van der Waals surface area contributed by atoms with Gasteiger partial charge in [0, 0.05) is 16.3 Å². The molecule has 0 spiro atoms. The fourth-order valence-corrected chi connectivity index (χ4v) is 3.58. The SMILES string of the molecule is N#Cc1ccccc1-c1ccc(CSc2nnc(-c3ccc(Cl)cc3)o2)cc1. The number of nitriles is 1. The summed E-state index contributed by atoms with van der Waals surface area (Å²) >= 11 is 7.39. The summed E-state index contributed by atoms with van der Waals surface area (Å²) in [4.78, 5) is 0. The molecule has 0 bridgehead atoms. The lowest BCUT2D eigenvalue weighted by Crippen LogP contribution is -1.85. The van der Waals surface area contributed by atoms with Crippen molar-refractivity contribution >= 4 is 23.4 Å². The second kappa shape index (κ2) is 8.30. The monoisotopic (exact) mass is 403 g/mol. The van der Waals surface area contributed by atoms with Crippen molar-refractivity contribution in [1.82, 2.24) is 10.2 Å². The molecule has 4 nitrogen and oxygen atoms in total. The first-order valence-electron chi connectivity index (χ1n) is 8.53. The molecule has 0 fully saturated rings. The lowest BCUT2D eigenvalue weighted by atomic mass is 10.00. The summed E-state index contributed by atoms with van der Waals surface area (Å²) in [5.41, 5.74) is 4.60. The molecule has 1 aromatic heterocycles. The quantitative estimate of drug-likeness (QED) is 0.370. The zero-order chi connectivity index (χ0) is 19.3. The van der Waals surface area contributed by atoms with Crippen LogP contribution in [0.1, 0.15) is 11.1 Å². The largest absolute Gasteiger partial charge is 0.411 e. The minimum absolute atomic E-state index is 0.475. The Morgan fingerprint density at radius 2 is 1.61 bits per heavy atom. The van der Waals surface area contributed by atoms with E-state index in [9.17, 15) is 5.26 Å². The maximum absolute atomic E-state index is 9.26. The summed E-state index contributed by atoms with van der Waals surface area (Å²) < 4.78 is 5.72. The number of benzene rings is 3. The summed E-state index contributed by atoms with van der Waals surface area (Å²) in [5, 5.41) is 18.6. The maximum Gasteiger partial charge on any atom is 0.277 e. The van der Waals surface area contributed by atoms with Crippen molar-refractivity contribution in [2.24, 2.45) is 0 Å². The number of thioether (sulfide) groups is 1. The molecule has 0 aliphatic rings. The van der Waals surface area contributed by atoms with Crippen molar-refractivity contribution in [1.29, 1.82) is 5.26 Å². The van der Waals surface area contributed by atoms with Crippen molar-refractivity contribution in [3.05, 3.63) is 88.9 Å². The number of hydrogen-bond acceptors (Lipinski definition) is 5. The van der Waals surface area contributed by atoms with Gasteiger partial charge in [-0.2, -0.15) is 5.26 Å². The van der Waals surface area contributed by atoms with Crippen molar-refractivity contribution < 1.29 is 4.42 Å². The van der Waals surface area contributed by atoms with E-state index in [4.69, 9.17) is 16.0 Å². The molecule has 0 atom stereocenters. The molecule has 3 aromatic carbocycles. The Morgan fingerprint density at radius 3 is 2.36 bits per heavy atom. The van der Waals surface area contributed by atoms with Crippen LogP contribution in [0, 0.1) is 11.3 Å². The van der Waals surface area contributed by atoms with E-state index in [2.05, 4.69) is 16.3 Å². The summed E-state index contributed by atoms with van der Waals surface area (Å²) in [7, 11) is 0. The lowest BCUT2D eigenvalue weighted by Gasteiger charge is -2.05. The highest BCUT2D eigenvalue weighted by atomic mass is 35.5. The average molecular weight is 404 g/mol. The molecule has 0 amide bonds. The third-order valence-corrected chi connectivity index (χ3v) is 5.31. The number of hydrogen-bond donors (Lipinski definition) is 0. The molecule has 28 heavy (non-hydrogen) atoms. The highest BCUT2D eigenvalue weighted by molar-refractivity contribution is 7.98. The molecule has 136 valence electrons. The van der Waals surface area contributed by atoms with Crippen LogP contribution in [-0.4, -0.2) is 10.2 Å². The zero-order valence-electron chi connectivity index (χ0n) is 14.7. The van der Waals surface area contributed by atoms with Gasteiger partial charge in [-0.15, -0.1) is 10.2 Å². The first-order chi connectivity index (χ1) is 13.7. The lowest BCUT2D eigenvalue weighted by molar-refractivity contribution is 0.466. The second-order valence-corrected chi connectivity index (χ2v) is 7.39. The average Bonchev–Trinajstić information content (AvgIpc) is 3.22. The topological polar surface area (TPSA) is 62.7 Å². The van der Waals surface area contributed by atoms with Gasteiger partial charge in [0.25, 0.3) is 5.22 Å². The van der Waals surface area contributed by atoms with Gasteiger partial charge in [0.05, 0.1) is 11.6 Å². The van der Waals surface area contributed by atoms with E-state index in [1.807, 2.05) is 60.7 Å². The fraction of sp³-hybridized carbons (Fsp3) is 0.0455. The van der Waals surface area contributed by atoms with Crippen LogP contribution < -0.4 is 0 Å². The van der Waals surface area contributed by atoms with Gasteiger partial charge in [0.15, 0.2) is 0 Å². The van der Waals surface area contributed by atoms with Crippen molar-refractivity contribution in [2.75, 3.05) is 0 Å². The van der Waals surface area contributed by atoms with Crippen LogP contribution in [0.25, 0.3) is 22.6 Å².